The molecule has 2 heteroatoms. The van der Waals surface area contributed by atoms with Crippen molar-refractivity contribution in [1.82, 2.24) is 0 Å². The van der Waals surface area contributed by atoms with Gasteiger partial charge in [-0.25, -0.2) is 0 Å². The van der Waals surface area contributed by atoms with Crippen molar-refractivity contribution in [3.05, 3.63) is 49.1 Å². The van der Waals surface area contributed by atoms with Crippen LogP contribution in [0.3, 0.4) is 0 Å². The third kappa shape index (κ3) is 2.01. The minimum absolute atomic E-state index is 0.665. The summed E-state index contributed by atoms with van der Waals surface area (Å²) in [4.78, 5) is 0. The molecule has 0 atom stereocenters. The number of allylic oxidation sites excluding steroid dienone is 2. The fourth-order valence-electron chi connectivity index (χ4n) is 1.54. The van der Waals surface area contributed by atoms with Gasteiger partial charge in [0.2, 0.25) is 0 Å². The maximum absolute atomic E-state index is 5.32. The van der Waals surface area contributed by atoms with Crippen LogP contribution in [0.2, 0.25) is 0 Å². The lowest BCUT2D eigenvalue weighted by Gasteiger charge is -2.14. The van der Waals surface area contributed by atoms with Crippen molar-refractivity contribution in [2.75, 3.05) is 14.2 Å². The van der Waals surface area contributed by atoms with Gasteiger partial charge in [-0.2, -0.15) is 0 Å². The SMILES string of the molecule is C=CC(=C)c1ccc(OC)c(OC)c1C=C. The molecule has 16 heavy (non-hydrogen) atoms. The van der Waals surface area contributed by atoms with Crippen LogP contribution >= 0.6 is 0 Å². The Kier molecular flexibility index (Phi) is 3.95. The van der Waals surface area contributed by atoms with E-state index < -0.39 is 0 Å². The quantitative estimate of drug-likeness (QED) is 0.701. The van der Waals surface area contributed by atoms with Crippen LogP contribution in [-0.4, -0.2) is 14.2 Å². The van der Waals surface area contributed by atoms with Gasteiger partial charge in [-0.1, -0.05) is 31.9 Å². The lowest BCUT2D eigenvalue weighted by molar-refractivity contribution is 0.354. The van der Waals surface area contributed by atoms with Gasteiger partial charge >= 0.3 is 0 Å². The number of rotatable bonds is 5. The van der Waals surface area contributed by atoms with E-state index in [1.165, 1.54) is 0 Å². The standard InChI is InChI=1S/C14H16O2/c1-6-10(3)12-8-9-13(15-4)14(16-5)11(12)7-2/h6-9H,1-3H2,4-5H3. The van der Waals surface area contributed by atoms with Crippen molar-refractivity contribution in [3.63, 3.8) is 0 Å². The highest BCUT2D eigenvalue weighted by Gasteiger charge is 2.12. The fourth-order valence-corrected chi connectivity index (χ4v) is 1.54. The molecule has 1 rings (SSSR count). The molecule has 0 amide bonds. The Hall–Kier alpha value is -1.96. The first-order valence-corrected chi connectivity index (χ1v) is 4.88. The summed E-state index contributed by atoms with van der Waals surface area (Å²) in [7, 11) is 3.21. The second-order valence-electron chi connectivity index (χ2n) is 3.20. The third-order valence-corrected chi connectivity index (χ3v) is 2.38. The number of hydrogen-bond donors (Lipinski definition) is 0. The van der Waals surface area contributed by atoms with Crippen LogP contribution in [0.25, 0.3) is 11.6 Å². The van der Waals surface area contributed by atoms with E-state index in [9.17, 15) is 0 Å². The van der Waals surface area contributed by atoms with Gasteiger partial charge in [-0.05, 0) is 23.3 Å². The smallest absolute Gasteiger partial charge is 0.168 e. The molecule has 0 aliphatic heterocycles. The molecule has 0 aliphatic rings. The number of hydrogen-bond acceptors (Lipinski definition) is 2. The summed E-state index contributed by atoms with van der Waals surface area (Å²) < 4.78 is 10.5. The average molecular weight is 216 g/mol. The van der Waals surface area contributed by atoms with E-state index in [4.69, 9.17) is 9.47 Å². The molecular formula is C14H16O2. The summed E-state index contributed by atoms with van der Waals surface area (Å²) in [6.45, 7) is 11.4. The Bertz CT molecular complexity index is 431. The highest BCUT2D eigenvalue weighted by atomic mass is 16.5. The molecule has 0 saturated carbocycles. The molecule has 1 aromatic rings. The lowest BCUT2D eigenvalue weighted by Crippen LogP contribution is -1.96. The van der Waals surface area contributed by atoms with Crippen molar-refractivity contribution in [1.29, 1.82) is 0 Å². The van der Waals surface area contributed by atoms with Crippen LogP contribution in [-0.2, 0) is 0 Å². The van der Waals surface area contributed by atoms with Gasteiger partial charge in [0.05, 0.1) is 14.2 Å². The largest absolute Gasteiger partial charge is 0.493 e. The van der Waals surface area contributed by atoms with E-state index in [1.54, 1.807) is 26.4 Å². The maximum atomic E-state index is 5.32. The van der Waals surface area contributed by atoms with Gasteiger partial charge in [0.25, 0.3) is 0 Å². The second-order valence-corrected chi connectivity index (χ2v) is 3.20. The lowest BCUT2D eigenvalue weighted by atomic mass is 9.99. The molecule has 2 nitrogen and oxygen atoms in total. The monoisotopic (exact) mass is 216 g/mol. The van der Waals surface area contributed by atoms with Gasteiger partial charge in [-0.3, -0.25) is 0 Å². The molecule has 84 valence electrons. The number of methoxy groups -OCH3 is 2. The van der Waals surface area contributed by atoms with Gasteiger partial charge in [-0.15, -0.1) is 0 Å². The van der Waals surface area contributed by atoms with E-state index in [0.717, 1.165) is 16.7 Å². The van der Waals surface area contributed by atoms with Gasteiger partial charge < -0.3 is 9.47 Å². The molecule has 0 aliphatic carbocycles. The molecule has 0 spiro atoms. The zero-order valence-electron chi connectivity index (χ0n) is 9.75. The Morgan fingerprint density at radius 3 is 2.31 bits per heavy atom. The Balaban J connectivity index is 3.48. The van der Waals surface area contributed by atoms with Gasteiger partial charge in [0, 0.05) is 5.56 Å². The van der Waals surface area contributed by atoms with E-state index in [2.05, 4.69) is 19.7 Å². The first-order valence-electron chi connectivity index (χ1n) is 4.88. The minimum atomic E-state index is 0.665. The van der Waals surface area contributed by atoms with Crippen LogP contribution in [0, 0.1) is 0 Å². The first-order chi connectivity index (χ1) is 7.69. The second kappa shape index (κ2) is 5.21. The van der Waals surface area contributed by atoms with Crippen molar-refractivity contribution in [2.24, 2.45) is 0 Å². The molecule has 0 bridgehead atoms. The molecule has 0 N–H and O–H groups in total. The molecule has 0 radical (unpaired) electrons. The highest BCUT2D eigenvalue weighted by Crippen LogP contribution is 2.36. The molecular weight excluding hydrogens is 200 g/mol. The van der Waals surface area contributed by atoms with E-state index >= 15 is 0 Å². The van der Waals surface area contributed by atoms with Gasteiger partial charge in [0.1, 0.15) is 0 Å². The minimum Gasteiger partial charge on any atom is -0.493 e. The first kappa shape index (κ1) is 12.1. The molecule has 0 fully saturated rings. The molecule has 0 saturated heterocycles. The molecule has 0 heterocycles. The average Bonchev–Trinajstić information content (AvgIpc) is 2.35. The summed E-state index contributed by atoms with van der Waals surface area (Å²) in [6, 6.07) is 3.76. The van der Waals surface area contributed by atoms with Crippen LogP contribution in [0.5, 0.6) is 11.5 Å². The fraction of sp³-hybridized carbons (Fsp3) is 0.143. The zero-order chi connectivity index (χ0) is 12.1. The normalized spacial score (nSPS) is 9.38. The van der Waals surface area contributed by atoms with Crippen LogP contribution in [0.1, 0.15) is 11.1 Å². The van der Waals surface area contributed by atoms with Crippen molar-refractivity contribution in [2.45, 2.75) is 0 Å². The Labute approximate surface area is 96.5 Å². The van der Waals surface area contributed by atoms with Crippen molar-refractivity contribution in [3.8, 4) is 11.5 Å². The topological polar surface area (TPSA) is 18.5 Å². The van der Waals surface area contributed by atoms with E-state index in [1.807, 2.05) is 12.1 Å². The Morgan fingerprint density at radius 1 is 1.19 bits per heavy atom. The molecule has 0 unspecified atom stereocenters. The van der Waals surface area contributed by atoms with Crippen LogP contribution in [0.4, 0.5) is 0 Å². The molecule has 1 aromatic carbocycles. The summed E-state index contributed by atoms with van der Waals surface area (Å²) in [6.07, 6.45) is 3.43. The number of benzene rings is 1. The van der Waals surface area contributed by atoms with Crippen molar-refractivity contribution >= 4 is 11.6 Å². The molecule has 0 aromatic heterocycles. The predicted octanol–water partition coefficient (Wildman–Crippen LogP) is 3.55. The summed E-state index contributed by atoms with van der Waals surface area (Å²) in [5.74, 6) is 1.34. The zero-order valence-corrected chi connectivity index (χ0v) is 9.75. The van der Waals surface area contributed by atoms with Crippen molar-refractivity contribution < 1.29 is 9.47 Å². The van der Waals surface area contributed by atoms with Gasteiger partial charge in [0.15, 0.2) is 11.5 Å². The van der Waals surface area contributed by atoms with E-state index in [-0.39, 0.29) is 0 Å². The summed E-state index contributed by atoms with van der Waals surface area (Å²) in [5, 5.41) is 0. The summed E-state index contributed by atoms with van der Waals surface area (Å²) >= 11 is 0. The third-order valence-electron chi connectivity index (χ3n) is 2.38. The van der Waals surface area contributed by atoms with Crippen LogP contribution < -0.4 is 9.47 Å². The number of ether oxygens (including phenoxy) is 2. The van der Waals surface area contributed by atoms with Crippen LogP contribution in [0.15, 0.2) is 37.9 Å². The highest BCUT2D eigenvalue weighted by molar-refractivity contribution is 5.81. The summed E-state index contributed by atoms with van der Waals surface area (Å²) in [5.41, 5.74) is 2.64. The predicted molar refractivity (Wildman–Crippen MR) is 68.9 cm³/mol. The van der Waals surface area contributed by atoms with E-state index in [0.29, 0.717) is 11.5 Å². The Morgan fingerprint density at radius 2 is 1.88 bits per heavy atom. The maximum Gasteiger partial charge on any atom is 0.168 e.